The van der Waals surface area contributed by atoms with Crippen molar-refractivity contribution < 1.29 is 82.5 Å². The van der Waals surface area contributed by atoms with Gasteiger partial charge in [0.25, 0.3) is 23.6 Å². The summed E-state index contributed by atoms with van der Waals surface area (Å²) in [4.78, 5) is 109. The van der Waals surface area contributed by atoms with Crippen LogP contribution in [-0.2, 0) is 47.1 Å². The van der Waals surface area contributed by atoms with Crippen molar-refractivity contribution in [3.63, 3.8) is 0 Å². The highest BCUT2D eigenvalue weighted by Gasteiger charge is 2.48. The van der Waals surface area contributed by atoms with E-state index < -0.39 is 66.4 Å². The predicted octanol–water partition coefficient (Wildman–Crippen LogP) is 4.24. The molecule has 5 heterocycles. The molecule has 0 bridgehead atoms. The van der Waals surface area contributed by atoms with Crippen molar-refractivity contribution in [1.82, 2.24) is 14.4 Å². The van der Waals surface area contributed by atoms with Crippen molar-refractivity contribution in [3.8, 4) is 17.2 Å². The summed E-state index contributed by atoms with van der Waals surface area (Å²) in [5.41, 5.74) is 2.61. The van der Waals surface area contributed by atoms with Crippen LogP contribution in [0.2, 0.25) is 0 Å². The molecule has 0 radical (unpaired) electrons. The number of amides is 7. The first kappa shape index (κ1) is 56.6. The molecule has 25 nitrogen and oxygen atoms in total. The molecule has 0 aliphatic carbocycles. The van der Waals surface area contributed by atoms with Crippen LogP contribution in [0.4, 0.5) is 33.2 Å². The lowest BCUT2D eigenvalue weighted by Gasteiger charge is -2.38. The van der Waals surface area contributed by atoms with Gasteiger partial charge in [-0.05, 0) is 92.6 Å². The van der Waals surface area contributed by atoms with E-state index >= 15 is 0 Å². The number of anilines is 4. The fraction of sp³-hybridized carbons (Fsp3) is 0.389. The number of piperidine rings is 1. The summed E-state index contributed by atoms with van der Waals surface area (Å²) in [7, 11) is 3.14. The van der Waals surface area contributed by atoms with Crippen molar-refractivity contribution in [1.29, 1.82) is 0 Å². The molecule has 4 aliphatic rings. The molecular formula is C54H60N8O17. The van der Waals surface area contributed by atoms with Gasteiger partial charge in [-0.1, -0.05) is 12.5 Å². The number of aliphatic imine (C=N–C) groups is 1. The average Bonchev–Trinajstić information content (AvgIpc) is 3.99. The summed E-state index contributed by atoms with van der Waals surface area (Å²) >= 11 is 0. The Morgan fingerprint density at radius 2 is 1.48 bits per heavy atom. The molecule has 7 amide bonds. The van der Waals surface area contributed by atoms with E-state index in [9.17, 15) is 58.8 Å². The van der Waals surface area contributed by atoms with Gasteiger partial charge in [0.1, 0.15) is 36.4 Å². The maximum atomic E-state index is 13.3. The molecule has 2 fully saturated rings. The molecule has 0 saturated carbocycles. The number of nitrogens with one attached hydrogen (secondary N) is 4. The third-order valence-corrected chi connectivity index (χ3v) is 13.4. The summed E-state index contributed by atoms with van der Waals surface area (Å²) in [6, 6.07) is 15.1. The Hall–Kier alpha value is -8.65. The van der Waals surface area contributed by atoms with Gasteiger partial charge in [-0.2, -0.15) is 0 Å². The van der Waals surface area contributed by atoms with E-state index in [1.165, 1.54) is 55.7 Å². The molecule has 8 rings (SSSR count). The highest BCUT2D eigenvalue weighted by Crippen LogP contribution is 2.38. The number of imide groups is 1. The van der Waals surface area contributed by atoms with Gasteiger partial charge in [0.05, 0.1) is 42.4 Å². The second-order valence-electron chi connectivity index (χ2n) is 19.0. The smallest absolute Gasteiger partial charge is 0.411 e. The lowest BCUT2D eigenvalue weighted by molar-refractivity contribution is -0.271. The minimum absolute atomic E-state index is 0.00679. The van der Waals surface area contributed by atoms with Gasteiger partial charge in [-0.15, -0.1) is 0 Å². The van der Waals surface area contributed by atoms with Crippen LogP contribution in [-0.4, -0.2) is 152 Å². The zero-order valence-corrected chi connectivity index (χ0v) is 43.1. The number of carbonyl (C=O) groups is 8. The number of unbranched alkanes of at least 4 members (excludes halogenated alkanes) is 2. The number of benzene rings is 3. The number of hydrogen-bond donors (Lipinski definition) is 8. The third-order valence-electron chi connectivity index (χ3n) is 13.4. The van der Waals surface area contributed by atoms with Crippen LogP contribution < -0.4 is 35.5 Å². The van der Waals surface area contributed by atoms with Crippen molar-refractivity contribution in [2.75, 3.05) is 48.1 Å². The fourth-order valence-corrected chi connectivity index (χ4v) is 9.16. The number of carboxylic acid groups (broad SMARTS) is 1. The van der Waals surface area contributed by atoms with Crippen LogP contribution in [0.15, 0.2) is 84.0 Å². The molecule has 25 heteroatoms. The number of ether oxygens (including phenoxy) is 5. The van der Waals surface area contributed by atoms with Gasteiger partial charge >= 0.3 is 12.1 Å². The molecular weight excluding hydrogens is 1030 g/mol. The molecule has 79 heavy (non-hydrogen) atoms. The first-order valence-electron chi connectivity index (χ1n) is 25.5. The van der Waals surface area contributed by atoms with Crippen molar-refractivity contribution in [2.24, 2.45) is 12.0 Å². The Kier molecular flexibility index (Phi) is 18.4. The SMILES string of the molecule is COc1cc2c(cc1OCCCC(=O)Nc1cc(C(=O)Nc3ccc(NC(=O)OCc4ccc(O[C@@H]5O[C@H](C(=O)O)[C@@H](O)[C@H](O)[C@H]5O)c(NC(=O)CCCCCN5C(=O)C=CC5=O)c4)cc3)n(C)c1)N=C[C@@H]1CCCCN1C2=O. The number of nitrogens with zero attached hydrogens (tertiary/aromatic N) is 4. The number of methoxy groups -OCH3 is 1. The minimum Gasteiger partial charge on any atom is -0.493 e. The molecule has 0 spiro atoms. The van der Waals surface area contributed by atoms with Gasteiger partial charge < -0.3 is 69.5 Å². The Bertz CT molecular complexity index is 3010. The molecule has 8 N–H and O–H groups in total. The molecule has 3 aromatic carbocycles. The van der Waals surface area contributed by atoms with Crippen LogP contribution in [0.1, 0.15) is 84.2 Å². The zero-order chi connectivity index (χ0) is 56.3. The minimum atomic E-state index is -1.97. The third kappa shape index (κ3) is 14.1. The molecule has 2 saturated heterocycles. The maximum absolute atomic E-state index is 13.3. The molecule has 1 aromatic heterocycles. The standard InChI is InChI=1S/C54H60N8O17/c1-60-28-33(56-42(63)11-8-22-76-41-26-36-35(25-40(41)75-2)51(71)61-20-7-5-9-34(61)27-55-36)24-38(60)50(70)57-31-13-15-32(16-14-31)58-54(74)77-29-30-12-17-39(78-53-48(69)46(67)47(68)49(79-53)52(72)73)37(23-30)59-43(64)10-4-3-6-21-62-44(65)18-19-45(62)66/h12-19,23-28,34,46-49,53,67-69H,3-11,20-22,29H2,1-2H3,(H,56,63)(H,57,70)(H,58,74)(H,59,64)(H,72,73)/t34-,46-,47-,48+,49-,53+/m0/s1. The number of rotatable bonds is 22. The number of aliphatic hydroxyl groups excluding tert-OH is 3. The first-order chi connectivity index (χ1) is 38.0. The summed E-state index contributed by atoms with van der Waals surface area (Å²) in [6.45, 7) is 0.699. The van der Waals surface area contributed by atoms with E-state index in [1.54, 1.807) is 42.1 Å². The number of aliphatic carboxylic acids is 1. The molecule has 6 atom stereocenters. The predicted molar refractivity (Wildman–Crippen MR) is 281 cm³/mol. The molecule has 0 unspecified atom stereocenters. The number of aromatic nitrogens is 1. The van der Waals surface area contributed by atoms with E-state index in [1.807, 2.05) is 11.1 Å². The van der Waals surface area contributed by atoms with Gasteiger partial charge in [0, 0.05) is 75.0 Å². The van der Waals surface area contributed by atoms with Gasteiger partial charge in [0.15, 0.2) is 17.6 Å². The van der Waals surface area contributed by atoms with Crippen molar-refractivity contribution >= 4 is 82.2 Å². The summed E-state index contributed by atoms with van der Waals surface area (Å²) in [5.74, 6) is -3.17. The van der Waals surface area contributed by atoms with Gasteiger partial charge in [-0.3, -0.25) is 44.0 Å². The van der Waals surface area contributed by atoms with E-state index in [0.29, 0.717) is 77.6 Å². The Balaban J connectivity index is 0.799. The zero-order valence-electron chi connectivity index (χ0n) is 43.1. The van der Waals surface area contributed by atoms with Crippen molar-refractivity contribution in [3.05, 3.63) is 95.8 Å². The van der Waals surface area contributed by atoms with E-state index in [-0.39, 0.29) is 67.6 Å². The number of hydrogen-bond acceptors (Lipinski definition) is 17. The lowest BCUT2D eigenvalue weighted by Crippen LogP contribution is -2.61. The van der Waals surface area contributed by atoms with Crippen LogP contribution in [0, 0.1) is 0 Å². The Labute approximate surface area is 452 Å². The van der Waals surface area contributed by atoms with E-state index in [2.05, 4.69) is 26.3 Å². The highest BCUT2D eigenvalue weighted by molar-refractivity contribution is 6.13. The van der Waals surface area contributed by atoms with E-state index in [0.717, 1.165) is 24.2 Å². The maximum Gasteiger partial charge on any atom is 0.411 e. The second-order valence-corrected chi connectivity index (χ2v) is 19.0. The molecule has 4 aromatic rings. The van der Waals surface area contributed by atoms with E-state index in [4.69, 9.17) is 23.7 Å². The van der Waals surface area contributed by atoms with Crippen LogP contribution >= 0.6 is 0 Å². The summed E-state index contributed by atoms with van der Waals surface area (Å²) in [5, 5.41) is 51.4. The largest absolute Gasteiger partial charge is 0.493 e. The van der Waals surface area contributed by atoms with Crippen LogP contribution in [0.5, 0.6) is 17.2 Å². The summed E-state index contributed by atoms with van der Waals surface area (Å²) < 4.78 is 29.5. The van der Waals surface area contributed by atoms with Gasteiger partial charge in [0.2, 0.25) is 18.1 Å². The molecule has 4 aliphatic heterocycles. The van der Waals surface area contributed by atoms with Crippen molar-refractivity contribution in [2.45, 2.75) is 101 Å². The number of fused-ring (bicyclic) bond motifs is 2. The highest BCUT2D eigenvalue weighted by atomic mass is 16.7. The van der Waals surface area contributed by atoms with Gasteiger partial charge in [-0.25, -0.2) is 9.59 Å². The van der Waals surface area contributed by atoms with Crippen LogP contribution in [0.3, 0.4) is 0 Å². The fourth-order valence-electron chi connectivity index (χ4n) is 9.16. The topological polar surface area (TPSA) is 336 Å². The quantitative estimate of drug-likeness (QED) is 0.0403. The Morgan fingerprint density at radius 1 is 0.759 bits per heavy atom. The average molecular weight is 1090 g/mol. The second kappa shape index (κ2) is 25.7. The number of carboxylic acids is 1. The number of aliphatic hydroxyl groups is 3. The number of aryl methyl sites for hydroxylation is 1. The molecule has 418 valence electrons. The van der Waals surface area contributed by atoms with Crippen LogP contribution in [0.25, 0.3) is 0 Å². The first-order valence-corrected chi connectivity index (χ1v) is 25.5. The normalized spacial score (nSPS) is 20.4. The summed E-state index contributed by atoms with van der Waals surface area (Å²) in [6.07, 6.45) is -0.115. The Morgan fingerprint density at radius 3 is 2.22 bits per heavy atom. The lowest BCUT2D eigenvalue weighted by atomic mass is 9.99. The monoisotopic (exact) mass is 1090 g/mol. The number of carbonyl (C=O) groups excluding carboxylic acids is 7.